The van der Waals surface area contributed by atoms with E-state index >= 15 is 0 Å². The number of ether oxygens (including phenoxy) is 3. The Morgan fingerprint density at radius 1 is 1.22 bits per heavy atom. The number of hydrogen-bond donors (Lipinski definition) is 2. The highest BCUT2D eigenvalue weighted by atomic mass is 16.5. The number of methoxy groups -OCH3 is 2. The minimum atomic E-state index is -0.769. The topological polar surface area (TPSA) is 77.0 Å². The molecule has 0 fully saturated rings. The molecule has 6 heteroatoms. The van der Waals surface area contributed by atoms with Gasteiger partial charge in [0, 0.05) is 19.0 Å². The number of benzene rings is 2. The highest BCUT2D eigenvalue weighted by Gasteiger charge is 2.15. The van der Waals surface area contributed by atoms with Crippen LogP contribution >= 0.6 is 0 Å². The van der Waals surface area contributed by atoms with E-state index in [4.69, 9.17) is 14.2 Å². The van der Waals surface area contributed by atoms with Crippen molar-refractivity contribution in [1.29, 1.82) is 0 Å². The van der Waals surface area contributed by atoms with E-state index in [-0.39, 0.29) is 12.5 Å². The average molecular weight is 369 g/mol. The quantitative estimate of drug-likeness (QED) is 0.734. The molecule has 27 heavy (non-hydrogen) atoms. The summed E-state index contributed by atoms with van der Waals surface area (Å²) in [5.74, 6) is 1.80. The van der Waals surface area contributed by atoms with Crippen molar-refractivity contribution in [3.05, 3.63) is 59.2 Å². The molecule has 0 saturated heterocycles. The molecule has 0 saturated carbocycles. The van der Waals surface area contributed by atoms with Crippen LogP contribution in [0.25, 0.3) is 6.08 Å². The van der Waals surface area contributed by atoms with E-state index in [1.807, 2.05) is 24.3 Å². The Labute approximate surface area is 158 Å². The van der Waals surface area contributed by atoms with Crippen molar-refractivity contribution < 1.29 is 24.1 Å². The summed E-state index contributed by atoms with van der Waals surface area (Å²) in [6, 6.07) is 11.0. The number of fused-ring (bicyclic) bond motifs is 1. The van der Waals surface area contributed by atoms with Gasteiger partial charge in [0.15, 0.2) is 11.5 Å². The summed E-state index contributed by atoms with van der Waals surface area (Å²) in [5.41, 5.74) is 2.66. The largest absolute Gasteiger partial charge is 0.493 e. The smallest absolute Gasteiger partial charge is 0.244 e. The predicted molar refractivity (Wildman–Crippen MR) is 102 cm³/mol. The molecule has 0 bridgehead atoms. The number of amides is 1. The predicted octanol–water partition coefficient (Wildman–Crippen LogP) is 2.50. The van der Waals surface area contributed by atoms with Gasteiger partial charge in [-0.3, -0.25) is 4.79 Å². The summed E-state index contributed by atoms with van der Waals surface area (Å²) < 4.78 is 15.9. The summed E-state index contributed by atoms with van der Waals surface area (Å²) >= 11 is 0. The molecule has 0 aromatic heterocycles. The molecule has 6 nitrogen and oxygen atoms in total. The number of aliphatic hydroxyl groups excluding tert-OH is 1. The first kappa shape index (κ1) is 18.8. The lowest BCUT2D eigenvalue weighted by atomic mass is 10.0. The zero-order valence-electron chi connectivity index (χ0n) is 15.4. The van der Waals surface area contributed by atoms with Crippen molar-refractivity contribution in [2.75, 3.05) is 27.4 Å². The second kappa shape index (κ2) is 8.60. The number of aliphatic hydroxyl groups is 1. The number of hydrogen-bond acceptors (Lipinski definition) is 5. The van der Waals surface area contributed by atoms with Gasteiger partial charge in [0.2, 0.25) is 5.91 Å². The van der Waals surface area contributed by atoms with Crippen molar-refractivity contribution in [2.45, 2.75) is 12.5 Å². The van der Waals surface area contributed by atoms with Gasteiger partial charge in [0.05, 0.1) is 26.9 Å². The standard InChI is InChI=1S/C21H23NO5/c1-25-19-6-3-14(11-20(19)26-2)4-8-21(24)22-13-17(23)15-5-7-18-16(12-15)9-10-27-18/h3-8,11-12,17,23H,9-10,13H2,1-2H3,(H,22,24)/b8-4+. The Morgan fingerprint density at radius 2 is 2.04 bits per heavy atom. The summed E-state index contributed by atoms with van der Waals surface area (Å²) in [6.07, 6.45) is 3.17. The molecule has 2 N–H and O–H groups in total. The lowest BCUT2D eigenvalue weighted by Crippen LogP contribution is -2.26. The van der Waals surface area contributed by atoms with Crippen molar-refractivity contribution in [3.63, 3.8) is 0 Å². The van der Waals surface area contributed by atoms with Crippen molar-refractivity contribution in [3.8, 4) is 17.2 Å². The fraction of sp³-hybridized carbons (Fsp3) is 0.286. The minimum absolute atomic E-state index is 0.134. The first-order valence-electron chi connectivity index (χ1n) is 8.72. The third-order valence-electron chi connectivity index (χ3n) is 4.40. The Bertz CT molecular complexity index is 846. The summed E-state index contributed by atoms with van der Waals surface area (Å²) in [6.45, 7) is 0.807. The van der Waals surface area contributed by atoms with Crippen molar-refractivity contribution in [1.82, 2.24) is 5.32 Å². The normalized spacial score (nSPS) is 13.7. The van der Waals surface area contributed by atoms with Gasteiger partial charge in [-0.2, -0.15) is 0 Å². The molecule has 142 valence electrons. The van der Waals surface area contributed by atoms with E-state index in [0.29, 0.717) is 18.1 Å². The fourth-order valence-corrected chi connectivity index (χ4v) is 2.92. The van der Waals surface area contributed by atoms with Gasteiger partial charge in [-0.15, -0.1) is 0 Å². The van der Waals surface area contributed by atoms with Crippen LogP contribution in [0.4, 0.5) is 0 Å². The van der Waals surface area contributed by atoms with Gasteiger partial charge < -0.3 is 24.6 Å². The first-order chi connectivity index (χ1) is 13.1. The fourth-order valence-electron chi connectivity index (χ4n) is 2.92. The molecule has 2 aromatic rings. The lowest BCUT2D eigenvalue weighted by Gasteiger charge is -2.12. The molecular formula is C21H23NO5. The van der Waals surface area contributed by atoms with Crippen LogP contribution in [0.15, 0.2) is 42.5 Å². The van der Waals surface area contributed by atoms with E-state index in [0.717, 1.165) is 28.9 Å². The number of nitrogens with one attached hydrogen (secondary N) is 1. The summed E-state index contributed by atoms with van der Waals surface area (Å²) in [5, 5.41) is 13.0. The molecule has 1 aliphatic rings. The monoisotopic (exact) mass is 369 g/mol. The van der Waals surface area contributed by atoms with Crippen molar-refractivity contribution >= 4 is 12.0 Å². The van der Waals surface area contributed by atoms with E-state index in [1.54, 1.807) is 32.4 Å². The summed E-state index contributed by atoms with van der Waals surface area (Å²) in [7, 11) is 3.13. The van der Waals surface area contributed by atoms with E-state index < -0.39 is 6.10 Å². The molecule has 1 atom stereocenters. The zero-order chi connectivity index (χ0) is 19.2. The number of carbonyl (C=O) groups is 1. The Hall–Kier alpha value is -2.99. The highest BCUT2D eigenvalue weighted by molar-refractivity contribution is 5.91. The SMILES string of the molecule is COc1ccc(/C=C/C(=O)NCC(O)c2ccc3c(c2)CCO3)cc1OC. The second-order valence-electron chi connectivity index (χ2n) is 6.17. The molecule has 0 radical (unpaired) electrons. The van der Waals surface area contributed by atoms with Crippen LogP contribution in [0, 0.1) is 0 Å². The van der Waals surface area contributed by atoms with E-state index in [9.17, 15) is 9.90 Å². The Kier molecular flexibility index (Phi) is 5.98. The number of rotatable bonds is 7. The van der Waals surface area contributed by atoms with Crippen LogP contribution in [0.3, 0.4) is 0 Å². The molecule has 3 rings (SSSR count). The second-order valence-corrected chi connectivity index (χ2v) is 6.17. The molecule has 1 heterocycles. The van der Waals surface area contributed by atoms with E-state index in [1.165, 1.54) is 6.08 Å². The van der Waals surface area contributed by atoms with Gasteiger partial charge in [-0.05, 0) is 47.0 Å². The van der Waals surface area contributed by atoms with Gasteiger partial charge in [-0.25, -0.2) is 0 Å². The average Bonchev–Trinajstić information content (AvgIpc) is 3.17. The molecule has 1 amide bonds. The van der Waals surface area contributed by atoms with Gasteiger partial charge in [0.25, 0.3) is 0 Å². The van der Waals surface area contributed by atoms with Crippen LogP contribution < -0.4 is 19.5 Å². The maximum Gasteiger partial charge on any atom is 0.244 e. The molecular weight excluding hydrogens is 346 g/mol. The van der Waals surface area contributed by atoms with Crippen LogP contribution in [-0.2, 0) is 11.2 Å². The van der Waals surface area contributed by atoms with Crippen LogP contribution in [0.2, 0.25) is 0 Å². The molecule has 1 unspecified atom stereocenters. The van der Waals surface area contributed by atoms with Crippen LogP contribution in [0.5, 0.6) is 17.2 Å². The highest BCUT2D eigenvalue weighted by Crippen LogP contribution is 2.29. The van der Waals surface area contributed by atoms with E-state index in [2.05, 4.69) is 5.32 Å². The maximum absolute atomic E-state index is 12.0. The molecule has 0 spiro atoms. The van der Waals surface area contributed by atoms with Gasteiger partial charge in [-0.1, -0.05) is 12.1 Å². The van der Waals surface area contributed by atoms with Crippen molar-refractivity contribution in [2.24, 2.45) is 0 Å². The number of carbonyl (C=O) groups excluding carboxylic acids is 1. The molecule has 1 aliphatic heterocycles. The summed E-state index contributed by atoms with van der Waals surface area (Å²) in [4.78, 5) is 12.0. The maximum atomic E-state index is 12.0. The van der Waals surface area contributed by atoms with Crippen LogP contribution in [0.1, 0.15) is 22.8 Å². The molecule has 2 aromatic carbocycles. The lowest BCUT2D eigenvalue weighted by molar-refractivity contribution is -0.116. The third-order valence-corrected chi connectivity index (χ3v) is 4.40. The third kappa shape index (κ3) is 4.60. The minimum Gasteiger partial charge on any atom is -0.493 e. The Balaban J connectivity index is 1.55. The zero-order valence-corrected chi connectivity index (χ0v) is 15.4. The molecule has 0 aliphatic carbocycles. The Morgan fingerprint density at radius 3 is 2.81 bits per heavy atom. The van der Waals surface area contributed by atoms with Gasteiger partial charge >= 0.3 is 0 Å². The first-order valence-corrected chi connectivity index (χ1v) is 8.72. The van der Waals surface area contributed by atoms with Gasteiger partial charge in [0.1, 0.15) is 5.75 Å². The van der Waals surface area contributed by atoms with Crippen LogP contribution in [-0.4, -0.2) is 38.4 Å².